The Morgan fingerprint density at radius 3 is 2.06 bits per heavy atom. The summed E-state index contributed by atoms with van der Waals surface area (Å²) in [6, 6.07) is 16.2. The molecule has 36 heavy (non-hydrogen) atoms. The van der Waals surface area contributed by atoms with Crippen LogP contribution in [0.25, 0.3) is 0 Å². The molecule has 11 heteroatoms. The maximum Gasteiger partial charge on any atom is 0.573 e. The average molecular weight is 539 g/mol. The number of rotatable bonds is 5. The molecule has 2 aliphatic rings. The van der Waals surface area contributed by atoms with Crippen molar-refractivity contribution in [2.24, 2.45) is 5.92 Å². The van der Waals surface area contributed by atoms with Gasteiger partial charge < -0.3 is 14.6 Å². The van der Waals surface area contributed by atoms with Gasteiger partial charge in [0, 0.05) is 32.9 Å². The molecule has 0 radical (unpaired) electrons. The summed E-state index contributed by atoms with van der Waals surface area (Å²) in [5, 5.41) is 13.3. The Balaban J connectivity index is 1.71. The molecule has 3 aromatic carbocycles. The number of anilines is 2. The van der Waals surface area contributed by atoms with E-state index in [0.717, 1.165) is 17.0 Å². The topological polar surface area (TPSA) is 62.2 Å². The normalized spacial score (nSPS) is 22.6. The fourth-order valence-corrected chi connectivity index (χ4v) is 4.90. The summed E-state index contributed by atoms with van der Waals surface area (Å²) in [5.74, 6) is -0.843. The van der Waals surface area contributed by atoms with Crippen molar-refractivity contribution in [3.63, 3.8) is 0 Å². The SMILES string of the molecule is O=C1N(c2ccc(Cl)cc2)[C@@H](C2COC2)C(O)(c2cccc(OC(F)(F)F)c2)N1c1ccc(Cl)cc1. The third-order valence-electron chi connectivity index (χ3n) is 6.22. The second-order valence-electron chi connectivity index (χ2n) is 8.48. The third-order valence-corrected chi connectivity index (χ3v) is 6.73. The summed E-state index contributed by atoms with van der Waals surface area (Å²) in [5.41, 5.74) is -1.29. The number of alkyl halides is 3. The Labute approximate surface area is 214 Å². The Hall–Kier alpha value is -2.98. The fraction of sp³-hybridized carbons (Fsp3) is 0.240. The minimum atomic E-state index is -4.93. The van der Waals surface area contributed by atoms with Crippen molar-refractivity contribution in [3.8, 4) is 5.75 Å². The van der Waals surface area contributed by atoms with Crippen molar-refractivity contribution in [1.29, 1.82) is 0 Å². The van der Waals surface area contributed by atoms with Gasteiger partial charge >= 0.3 is 12.4 Å². The largest absolute Gasteiger partial charge is 0.573 e. The molecule has 2 amide bonds. The van der Waals surface area contributed by atoms with Crippen LogP contribution < -0.4 is 14.5 Å². The van der Waals surface area contributed by atoms with E-state index in [4.69, 9.17) is 27.9 Å². The quantitative estimate of drug-likeness (QED) is 0.420. The van der Waals surface area contributed by atoms with E-state index in [1.54, 1.807) is 48.5 Å². The number of halogens is 5. The lowest BCUT2D eigenvalue weighted by molar-refractivity contribution is -0.274. The monoisotopic (exact) mass is 538 g/mol. The number of aliphatic hydroxyl groups is 1. The van der Waals surface area contributed by atoms with Gasteiger partial charge in [0.15, 0.2) is 5.72 Å². The zero-order valence-corrected chi connectivity index (χ0v) is 20.0. The van der Waals surface area contributed by atoms with E-state index in [2.05, 4.69) is 4.74 Å². The lowest BCUT2D eigenvalue weighted by atomic mass is 9.83. The predicted octanol–water partition coefficient (Wildman–Crippen LogP) is 6.20. The fourth-order valence-electron chi connectivity index (χ4n) is 4.65. The molecule has 0 bridgehead atoms. The number of carbonyl (C=O) groups excluding carboxylic acids is 1. The van der Waals surface area contributed by atoms with Crippen LogP contribution in [0.3, 0.4) is 0 Å². The van der Waals surface area contributed by atoms with Crippen LogP contribution in [-0.2, 0) is 10.5 Å². The predicted molar refractivity (Wildman–Crippen MR) is 128 cm³/mol. The van der Waals surface area contributed by atoms with Crippen molar-refractivity contribution in [2.75, 3.05) is 23.0 Å². The van der Waals surface area contributed by atoms with Crippen molar-refractivity contribution in [2.45, 2.75) is 18.1 Å². The molecular weight excluding hydrogens is 520 g/mol. The second kappa shape index (κ2) is 9.15. The first-order valence-corrected chi connectivity index (χ1v) is 11.6. The molecule has 1 N–H and O–H groups in total. The number of amides is 2. The maximum absolute atomic E-state index is 14.0. The van der Waals surface area contributed by atoms with Crippen LogP contribution in [0.1, 0.15) is 5.56 Å². The molecule has 0 spiro atoms. The highest BCUT2D eigenvalue weighted by Crippen LogP contribution is 2.49. The molecule has 188 valence electrons. The first-order chi connectivity index (χ1) is 17.1. The molecule has 5 rings (SSSR count). The van der Waals surface area contributed by atoms with Gasteiger partial charge in [0.25, 0.3) is 0 Å². The Morgan fingerprint density at radius 2 is 1.53 bits per heavy atom. The van der Waals surface area contributed by atoms with E-state index >= 15 is 0 Å². The number of hydrogen-bond donors (Lipinski definition) is 1. The van der Waals surface area contributed by atoms with E-state index in [1.807, 2.05) is 0 Å². The standard InChI is InChI=1S/C25H19Cl2F3N2O4/c26-17-4-8-19(9-5-17)31-22(15-13-35-14-15)24(34,16-2-1-3-21(12-16)36-25(28,29)30)32(23(31)33)20-10-6-18(27)7-11-20/h1-12,15,22,34H,13-14H2/t22-,24?/m0/s1. The Kier molecular flexibility index (Phi) is 6.28. The number of nitrogens with zero attached hydrogens (tertiary/aromatic N) is 2. The van der Waals surface area contributed by atoms with Crippen LogP contribution in [0, 0.1) is 5.92 Å². The minimum absolute atomic E-state index is 0.0425. The van der Waals surface area contributed by atoms with Crippen molar-refractivity contribution in [3.05, 3.63) is 88.4 Å². The number of benzene rings is 3. The van der Waals surface area contributed by atoms with Gasteiger partial charge in [-0.2, -0.15) is 0 Å². The maximum atomic E-state index is 14.0. The van der Waals surface area contributed by atoms with Crippen LogP contribution in [0.15, 0.2) is 72.8 Å². The third kappa shape index (κ3) is 4.37. The van der Waals surface area contributed by atoms with Crippen molar-refractivity contribution in [1.82, 2.24) is 0 Å². The zero-order chi connectivity index (χ0) is 25.7. The average Bonchev–Trinajstić information content (AvgIpc) is 3.01. The van der Waals surface area contributed by atoms with E-state index in [-0.39, 0.29) is 24.7 Å². The van der Waals surface area contributed by atoms with Gasteiger partial charge in [0.1, 0.15) is 5.75 Å². The van der Waals surface area contributed by atoms with Crippen LogP contribution in [0.5, 0.6) is 5.75 Å². The molecular formula is C25H19Cl2F3N2O4. The number of urea groups is 1. The van der Waals surface area contributed by atoms with Gasteiger partial charge in [-0.05, 0) is 60.7 Å². The zero-order valence-electron chi connectivity index (χ0n) is 18.5. The van der Waals surface area contributed by atoms with Crippen molar-refractivity contribution < 1.29 is 32.5 Å². The van der Waals surface area contributed by atoms with E-state index < -0.39 is 29.9 Å². The van der Waals surface area contributed by atoms with Gasteiger partial charge in [-0.3, -0.25) is 9.80 Å². The van der Waals surface area contributed by atoms with Gasteiger partial charge in [0.05, 0.1) is 19.3 Å². The van der Waals surface area contributed by atoms with E-state index in [9.17, 15) is 23.1 Å². The minimum Gasteiger partial charge on any atom is -0.406 e. The van der Waals surface area contributed by atoms with Crippen LogP contribution in [0.4, 0.5) is 29.3 Å². The van der Waals surface area contributed by atoms with Crippen LogP contribution in [0.2, 0.25) is 10.0 Å². The molecule has 0 aromatic heterocycles. The van der Waals surface area contributed by atoms with Gasteiger partial charge in [-0.15, -0.1) is 13.2 Å². The molecule has 2 fully saturated rings. The molecule has 2 saturated heterocycles. The molecule has 2 aliphatic heterocycles. The molecule has 1 unspecified atom stereocenters. The van der Waals surface area contributed by atoms with E-state index in [0.29, 0.717) is 21.4 Å². The highest BCUT2D eigenvalue weighted by Gasteiger charge is 2.62. The van der Waals surface area contributed by atoms with E-state index in [1.165, 1.54) is 17.0 Å². The molecule has 6 nitrogen and oxygen atoms in total. The summed E-state index contributed by atoms with van der Waals surface area (Å²) < 4.78 is 48.4. The number of carbonyl (C=O) groups is 1. The summed E-state index contributed by atoms with van der Waals surface area (Å²) in [7, 11) is 0. The van der Waals surface area contributed by atoms with Crippen LogP contribution in [-0.4, -0.2) is 36.8 Å². The first-order valence-electron chi connectivity index (χ1n) is 10.9. The molecule has 2 atom stereocenters. The lowest BCUT2D eigenvalue weighted by Gasteiger charge is -2.43. The number of ether oxygens (including phenoxy) is 2. The van der Waals surface area contributed by atoms with Gasteiger partial charge in [0.2, 0.25) is 0 Å². The summed E-state index contributed by atoms with van der Waals surface area (Å²) in [6.07, 6.45) is -4.93. The van der Waals surface area contributed by atoms with Crippen molar-refractivity contribution >= 4 is 40.6 Å². The molecule has 0 saturated carbocycles. The second-order valence-corrected chi connectivity index (χ2v) is 9.36. The smallest absolute Gasteiger partial charge is 0.406 e. The number of hydrogen-bond acceptors (Lipinski definition) is 4. The summed E-state index contributed by atoms with van der Waals surface area (Å²) in [4.78, 5) is 16.6. The van der Waals surface area contributed by atoms with Gasteiger partial charge in [-0.1, -0.05) is 35.3 Å². The first kappa shape index (κ1) is 24.7. The highest BCUT2D eigenvalue weighted by atomic mass is 35.5. The Morgan fingerprint density at radius 1 is 0.944 bits per heavy atom. The van der Waals surface area contributed by atoms with Crippen LogP contribution >= 0.6 is 23.2 Å². The molecule has 3 aromatic rings. The highest BCUT2D eigenvalue weighted by molar-refractivity contribution is 6.31. The lowest BCUT2D eigenvalue weighted by Crippen LogP contribution is -2.57. The molecule has 0 aliphatic carbocycles. The molecule has 2 heterocycles. The van der Waals surface area contributed by atoms with Gasteiger partial charge in [-0.25, -0.2) is 4.79 Å². The summed E-state index contributed by atoms with van der Waals surface area (Å²) >= 11 is 12.1. The Bertz CT molecular complexity index is 1270. The summed E-state index contributed by atoms with van der Waals surface area (Å²) in [6.45, 7) is 0.495.